The van der Waals surface area contributed by atoms with Crippen molar-refractivity contribution < 1.29 is 8.42 Å². The van der Waals surface area contributed by atoms with E-state index in [4.69, 9.17) is 4.98 Å². The molecule has 0 atom stereocenters. The van der Waals surface area contributed by atoms with Crippen LogP contribution in [0.15, 0.2) is 50.1 Å². The Balaban J connectivity index is 1.70. The van der Waals surface area contributed by atoms with Gasteiger partial charge in [-0.3, -0.25) is 0 Å². The van der Waals surface area contributed by atoms with E-state index in [1.54, 1.807) is 35.6 Å². The van der Waals surface area contributed by atoms with Crippen molar-refractivity contribution in [2.45, 2.75) is 9.92 Å². The molecule has 0 bridgehead atoms. The second kappa shape index (κ2) is 7.01. The van der Waals surface area contributed by atoms with Gasteiger partial charge in [0.25, 0.3) is 0 Å². The third kappa shape index (κ3) is 3.12. The summed E-state index contributed by atoms with van der Waals surface area (Å²) in [7, 11) is -1.75. The molecule has 4 aromatic rings. The first-order chi connectivity index (χ1) is 13.9. The van der Waals surface area contributed by atoms with Gasteiger partial charge in [-0.2, -0.15) is 4.52 Å². The molecule has 0 amide bonds. The summed E-state index contributed by atoms with van der Waals surface area (Å²) in [4.78, 5) is 9.40. The van der Waals surface area contributed by atoms with Crippen molar-refractivity contribution in [2.75, 3.05) is 38.1 Å². The Bertz CT molecular complexity index is 1310. The fourth-order valence-electron chi connectivity index (χ4n) is 3.44. The number of rotatable bonds is 3. The van der Waals surface area contributed by atoms with Crippen molar-refractivity contribution in [3.63, 3.8) is 0 Å². The molecule has 8 nitrogen and oxygen atoms in total. The number of aromatic nitrogens is 4. The number of hydrogen-bond acceptors (Lipinski definition) is 8. The second-order valence-corrected chi connectivity index (χ2v) is 10.6. The first-order valence-electron chi connectivity index (χ1n) is 9.02. The molecule has 150 valence electrons. The zero-order valence-electron chi connectivity index (χ0n) is 15.5. The highest BCUT2D eigenvalue weighted by atomic mass is 79.9. The number of likely N-dealkylation sites (N-methyl/N-ethyl adjacent to an activating group) is 1. The highest BCUT2D eigenvalue weighted by Crippen LogP contribution is 2.33. The lowest BCUT2D eigenvalue weighted by Gasteiger charge is -2.33. The second-order valence-electron chi connectivity index (χ2n) is 6.95. The van der Waals surface area contributed by atoms with E-state index in [1.807, 2.05) is 11.4 Å². The van der Waals surface area contributed by atoms with Crippen molar-refractivity contribution in [3.05, 3.63) is 40.2 Å². The minimum Gasteiger partial charge on any atom is -0.353 e. The van der Waals surface area contributed by atoms with Gasteiger partial charge in [-0.25, -0.2) is 13.4 Å². The molecule has 11 heteroatoms. The quantitative estimate of drug-likeness (QED) is 0.434. The number of halogens is 1. The third-order valence-electron chi connectivity index (χ3n) is 5.09. The Hall–Kier alpha value is -2.08. The number of hydrogen-bond donors (Lipinski definition) is 0. The lowest BCUT2D eigenvalue weighted by molar-refractivity contribution is 0.312. The maximum absolute atomic E-state index is 13.2. The van der Waals surface area contributed by atoms with Gasteiger partial charge < -0.3 is 9.80 Å². The van der Waals surface area contributed by atoms with E-state index < -0.39 is 9.84 Å². The molecule has 0 unspecified atom stereocenters. The highest BCUT2D eigenvalue weighted by Gasteiger charge is 2.28. The summed E-state index contributed by atoms with van der Waals surface area (Å²) in [5, 5.41) is 9.99. The van der Waals surface area contributed by atoms with Gasteiger partial charge >= 0.3 is 0 Å². The summed E-state index contributed by atoms with van der Waals surface area (Å²) in [6, 6.07) is 8.42. The van der Waals surface area contributed by atoms with E-state index in [0.29, 0.717) is 0 Å². The number of nitrogens with zero attached hydrogens (tertiary/aromatic N) is 6. The molecule has 4 heterocycles. The molecular weight excluding hydrogens is 476 g/mol. The van der Waals surface area contributed by atoms with Crippen LogP contribution in [0.1, 0.15) is 0 Å². The Labute approximate surface area is 179 Å². The van der Waals surface area contributed by atoms with Crippen LogP contribution >= 0.6 is 27.3 Å². The van der Waals surface area contributed by atoms with Crippen LogP contribution < -0.4 is 4.90 Å². The summed E-state index contributed by atoms with van der Waals surface area (Å²) in [5.74, 6) is 0.796. The molecule has 1 aromatic carbocycles. The van der Waals surface area contributed by atoms with E-state index in [-0.39, 0.29) is 15.6 Å². The van der Waals surface area contributed by atoms with Crippen molar-refractivity contribution in [3.8, 4) is 0 Å². The van der Waals surface area contributed by atoms with E-state index in [1.165, 1.54) is 4.52 Å². The van der Waals surface area contributed by atoms with Gasteiger partial charge in [-0.15, -0.1) is 16.4 Å². The average Bonchev–Trinajstić information content (AvgIpc) is 3.35. The van der Waals surface area contributed by atoms with Crippen LogP contribution in [-0.2, 0) is 9.84 Å². The van der Waals surface area contributed by atoms with Gasteiger partial charge in [0, 0.05) is 30.7 Å². The first-order valence-corrected chi connectivity index (χ1v) is 12.2. The van der Waals surface area contributed by atoms with Gasteiger partial charge in [0.1, 0.15) is 0 Å². The lowest BCUT2D eigenvalue weighted by atomic mass is 10.3. The number of benzene rings is 1. The molecule has 1 aliphatic rings. The Kier molecular flexibility index (Phi) is 4.57. The van der Waals surface area contributed by atoms with Crippen LogP contribution in [0.2, 0.25) is 0 Å². The SMILES string of the molecule is CN1CCN(c2nc3c(S(=O)(=O)c4ccc(Br)cc4)nnn3c3ccsc23)CC1. The van der Waals surface area contributed by atoms with Gasteiger partial charge in [0.15, 0.2) is 11.5 Å². The van der Waals surface area contributed by atoms with Crippen LogP contribution in [-0.4, -0.2) is 66.4 Å². The smallest absolute Gasteiger partial charge is 0.229 e. The number of anilines is 1. The molecule has 0 radical (unpaired) electrons. The van der Waals surface area contributed by atoms with E-state index in [9.17, 15) is 8.42 Å². The number of fused-ring (bicyclic) bond motifs is 3. The Morgan fingerprint density at radius 2 is 1.79 bits per heavy atom. The van der Waals surface area contributed by atoms with Crippen LogP contribution in [0.5, 0.6) is 0 Å². The maximum atomic E-state index is 13.2. The third-order valence-corrected chi connectivity index (χ3v) is 8.18. The predicted octanol–water partition coefficient (Wildman–Crippen LogP) is 2.69. The van der Waals surface area contributed by atoms with E-state index in [0.717, 1.165) is 46.7 Å². The molecule has 3 aromatic heterocycles. The molecule has 0 N–H and O–H groups in total. The summed E-state index contributed by atoms with van der Waals surface area (Å²) in [6.07, 6.45) is 0. The van der Waals surface area contributed by atoms with Crippen molar-refractivity contribution in [2.24, 2.45) is 0 Å². The molecule has 0 spiro atoms. The van der Waals surface area contributed by atoms with Gasteiger partial charge in [-0.1, -0.05) is 21.1 Å². The van der Waals surface area contributed by atoms with E-state index in [2.05, 4.69) is 43.1 Å². The zero-order valence-corrected chi connectivity index (χ0v) is 18.7. The van der Waals surface area contributed by atoms with E-state index >= 15 is 0 Å². The Morgan fingerprint density at radius 1 is 1.07 bits per heavy atom. The average molecular weight is 493 g/mol. The molecule has 1 saturated heterocycles. The van der Waals surface area contributed by atoms with Crippen molar-refractivity contribution >= 4 is 58.8 Å². The summed E-state index contributed by atoms with van der Waals surface area (Å²) in [6.45, 7) is 3.54. The van der Waals surface area contributed by atoms with Gasteiger partial charge in [0.2, 0.25) is 14.9 Å². The van der Waals surface area contributed by atoms with Crippen LogP contribution in [0, 0.1) is 0 Å². The van der Waals surface area contributed by atoms with Crippen LogP contribution in [0.3, 0.4) is 0 Å². The largest absolute Gasteiger partial charge is 0.353 e. The Morgan fingerprint density at radius 3 is 2.52 bits per heavy atom. The summed E-state index contributed by atoms with van der Waals surface area (Å²) < 4.78 is 29.8. The summed E-state index contributed by atoms with van der Waals surface area (Å²) >= 11 is 4.91. The van der Waals surface area contributed by atoms with Gasteiger partial charge in [0.05, 0.1) is 15.1 Å². The van der Waals surface area contributed by atoms with Crippen LogP contribution in [0.4, 0.5) is 5.82 Å². The topological polar surface area (TPSA) is 83.7 Å². The zero-order chi connectivity index (χ0) is 20.2. The van der Waals surface area contributed by atoms with Crippen molar-refractivity contribution in [1.82, 2.24) is 24.7 Å². The number of sulfone groups is 1. The highest BCUT2D eigenvalue weighted by molar-refractivity contribution is 9.10. The monoisotopic (exact) mass is 492 g/mol. The van der Waals surface area contributed by atoms with Crippen LogP contribution in [0.25, 0.3) is 15.9 Å². The number of thiophene rings is 1. The fourth-order valence-corrected chi connectivity index (χ4v) is 5.83. The predicted molar refractivity (Wildman–Crippen MR) is 115 cm³/mol. The van der Waals surface area contributed by atoms with Crippen molar-refractivity contribution in [1.29, 1.82) is 0 Å². The molecule has 0 saturated carbocycles. The number of piperazine rings is 1. The fraction of sp³-hybridized carbons (Fsp3) is 0.278. The molecular formula is C18H17BrN6O2S2. The molecule has 5 rings (SSSR count). The minimum absolute atomic E-state index is 0.122. The molecule has 29 heavy (non-hydrogen) atoms. The molecule has 0 aliphatic carbocycles. The minimum atomic E-state index is -3.85. The molecule has 1 aliphatic heterocycles. The summed E-state index contributed by atoms with van der Waals surface area (Å²) in [5.41, 5.74) is 1.08. The lowest BCUT2D eigenvalue weighted by Crippen LogP contribution is -2.44. The van der Waals surface area contributed by atoms with Gasteiger partial charge in [-0.05, 0) is 42.8 Å². The normalized spacial score (nSPS) is 16.1. The maximum Gasteiger partial charge on any atom is 0.229 e. The molecule has 1 fully saturated rings. The first kappa shape index (κ1) is 18.9. The standard InChI is InChI=1S/C18H17BrN6O2S2/c1-23-7-9-24(10-8-23)16-15-14(6-11-28-15)25-17(20-16)18(21-22-25)29(26,27)13-4-2-12(19)3-5-13/h2-6,11H,7-10H2,1H3.